The molecule has 3 rings (SSSR count). The number of aliphatic imine (C=N–C) groups is 1. The molecule has 1 atom stereocenters. The van der Waals surface area contributed by atoms with E-state index in [2.05, 4.69) is 27.5 Å². The van der Waals surface area contributed by atoms with Gasteiger partial charge in [0.1, 0.15) is 0 Å². The van der Waals surface area contributed by atoms with Gasteiger partial charge in [-0.3, -0.25) is 4.99 Å². The lowest BCUT2D eigenvalue weighted by atomic mass is 10.0. The summed E-state index contributed by atoms with van der Waals surface area (Å²) in [6.45, 7) is 6.84. The highest BCUT2D eigenvalue weighted by molar-refractivity contribution is 14.0. The molecule has 2 heterocycles. The first kappa shape index (κ1) is 24.2. The maximum atomic E-state index is 5.86. The van der Waals surface area contributed by atoms with Crippen molar-refractivity contribution in [1.29, 1.82) is 0 Å². The van der Waals surface area contributed by atoms with Crippen molar-refractivity contribution >= 4 is 29.9 Å². The normalized spacial score (nSPS) is 18.4. The number of rotatable bonds is 8. The highest BCUT2D eigenvalue weighted by Crippen LogP contribution is 2.30. The topological polar surface area (TPSA) is 77.0 Å². The van der Waals surface area contributed by atoms with Gasteiger partial charge in [-0.2, -0.15) is 0 Å². The number of hydrogen-bond donors (Lipinski definition) is 2. The van der Waals surface area contributed by atoms with Crippen LogP contribution in [-0.2, 0) is 11.3 Å². The standard InChI is InChI=1S/C22H30N4O3.HI/c1-4-27-18-8-5-6-9-19(18)29-20-11-10-17(14-24-20)15-25-21(23-3)26-16-22(2)12-7-13-28-22;/h5-6,8-11,14H,4,7,12-13,15-16H2,1-3H3,(H2,23,25,26);1H. The maximum Gasteiger partial charge on any atom is 0.219 e. The highest BCUT2D eigenvalue weighted by Gasteiger charge is 2.29. The Hall–Kier alpha value is -2.07. The van der Waals surface area contributed by atoms with Gasteiger partial charge in [-0.25, -0.2) is 4.98 Å². The Morgan fingerprint density at radius 3 is 2.63 bits per heavy atom. The van der Waals surface area contributed by atoms with Crippen LogP contribution in [0.4, 0.5) is 0 Å². The zero-order chi connectivity index (χ0) is 20.5. The summed E-state index contributed by atoms with van der Waals surface area (Å²) >= 11 is 0. The molecule has 2 N–H and O–H groups in total. The first-order chi connectivity index (χ1) is 14.1. The molecule has 1 saturated heterocycles. The number of guanidine groups is 1. The third-order valence-electron chi connectivity index (χ3n) is 4.77. The second kappa shape index (κ2) is 11.9. The van der Waals surface area contributed by atoms with E-state index in [1.165, 1.54) is 0 Å². The Balaban J connectivity index is 0.00000320. The minimum absolute atomic E-state index is 0. The molecule has 164 valence electrons. The number of para-hydroxylation sites is 2. The van der Waals surface area contributed by atoms with E-state index >= 15 is 0 Å². The molecule has 1 aromatic heterocycles. The molecule has 30 heavy (non-hydrogen) atoms. The molecule has 0 spiro atoms. The van der Waals surface area contributed by atoms with E-state index in [9.17, 15) is 0 Å². The van der Waals surface area contributed by atoms with Crippen LogP contribution in [0.25, 0.3) is 0 Å². The summed E-state index contributed by atoms with van der Waals surface area (Å²) in [5.41, 5.74) is 0.914. The summed E-state index contributed by atoms with van der Waals surface area (Å²) < 4.78 is 17.3. The smallest absolute Gasteiger partial charge is 0.219 e. The molecule has 1 unspecified atom stereocenters. The van der Waals surface area contributed by atoms with Crippen molar-refractivity contribution in [2.75, 3.05) is 26.8 Å². The van der Waals surface area contributed by atoms with Crippen molar-refractivity contribution in [3.05, 3.63) is 48.2 Å². The van der Waals surface area contributed by atoms with Crippen molar-refractivity contribution in [2.45, 2.75) is 38.8 Å². The van der Waals surface area contributed by atoms with Gasteiger partial charge in [0.25, 0.3) is 0 Å². The molecule has 2 aromatic rings. The van der Waals surface area contributed by atoms with Crippen LogP contribution < -0.4 is 20.1 Å². The first-order valence-corrected chi connectivity index (χ1v) is 10.0. The van der Waals surface area contributed by atoms with Gasteiger partial charge in [0, 0.05) is 39.0 Å². The van der Waals surface area contributed by atoms with Crippen LogP contribution in [0, 0.1) is 0 Å². The number of hydrogen-bond acceptors (Lipinski definition) is 5. The van der Waals surface area contributed by atoms with E-state index in [1.54, 1.807) is 13.2 Å². The molecule has 0 bridgehead atoms. The molecular weight excluding hydrogens is 495 g/mol. The lowest BCUT2D eigenvalue weighted by molar-refractivity contribution is 0.0243. The van der Waals surface area contributed by atoms with Crippen LogP contribution >= 0.6 is 24.0 Å². The quantitative estimate of drug-likeness (QED) is 0.306. The van der Waals surface area contributed by atoms with Crippen molar-refractivity contribution < 1.29 is 14.2 Å². The van der Waals surface area contributed by atoms with Crippen LogP contribution in [0.2, 0.25) is 0 Å². The van der Waals surface area contributed by atoms with Crippen molar-refractivity contribution in [3.63, 3.8) is 0 Å². The number of benzene rings is 1. The molecule has 0 aliphatic carbocycles. The van der Waals surface area contributed by atoms with Crippen LogP contribution in [0.5, 0.6) is 17.4 Å². The van der Waals surface area contributed by atoms with Gasteiger partial charge in [0.05, 0.1) is 12.2 Å². The van der Waals surface area contributed by atoms with Gasteiger partial charge in [-0.1, -0.05) is 18.2 Å². The van der Waals surface area contributed by atoms with E-state index in [1.807, 2.05) is 43.3 Å². The summed E-state index contributed by atoms with van der Waals surface area (Å²) in [6.07, 6.45) is 3.97. The SMILES string of the molecule is CCOc1ccccc1Oc1ccc(CNC(=NC)NCC2(C)CCCO2)cn1.I. The Morgan fingerprint density at radius 1 is 1.20 bits per heavy atom. The number of halogens is 1. The van der Waals surface area contributed by atoms with E-state index in [4.69, 9.17) is 14.2 Å². The van der Waals surface area contributed by atoms with Gasteiger partial charge >= 0.3 is 0 Å². The van der Waals surface area contributed by atoms with E-state index in [0.717, 1.165) is 37.5 Å². The largest absolute Gasteiger partial charge is 0.490 e. The van der Waals surface area contributed by atoms with Gasteiger partial charge in [-0.05, 0) is 44.4 Å². The Labute approximate surface area is 195 Å². The number of ether oxygens (including phenoxy) is 3. The fraction of sp³-hybridized carbons (Fsp3) is 0.455. The Kier molecular flexibility index (Phi) is 9.64. The molecule has 0 radical (unpaired) electrons. The molecule has 1 fully saturated rings. The van der Waals surface area contributed by atoms with Crippen LogP contribution in [-0.4, -0.2) is 43.4 Å². The van der Waals surface area contributed by atoms with Crippen LogP contribution in [0.1, 0.15) is 32.3 Å². The van der Waals surface area contributed by atoms with Crippen LogP contribution in [0.3, 0.4) is 0 Å². The monoisotopic (exact) mass is 526 g/mol. The number of nitrogens with zero attached hydrogens (tertiary/aromatic N) is 2. The fourth-order valence-corrected chi connectivity index (χ4v) is 3.15. The molecule has 7 nitrogen and oxygen atoms in total. The zero-order valence-electron chi connectivity index (χ0n) is 17.8. The van der Waals surface area contributed by atoms with Crippen molar-refractivity contribution in [1.82, 2.24) is 15.6 Å². The summed E-state index contributed by atoms with van der Waals surface area (Å²) in [4.78, 5) is 8.68. The number of aromatic nitrogens is 1. The summed E-state index contributed by atoms with van der Waals surface area (Å²) in [6, 6.07) is 11.4. The maximum absolute atomic E-state index is 5.86. The molecular formula is C22H31IN4O3. The number of nitrogens with one attached hydrogen (secondary N) is 2. The number of pyridine rings is 1. The predicted molar refractivity (Wildman–Crippen MR) is 129 cm³/mol. The third kappa shape index (κ3) is 7.02. The molecule has 1 aliphatic rings. The van der Waals surface area contributed by atoms with Gasteiger partial charge in [-0.15, -0.1) is 24.0 Å². The lowest BCUT2D eigenvalue weighted by Crippen LogP contribution is -2.45. The van der Waals surface area contributed by atoms with Crippen molar-refractivity contribution in [2.24, 2.45) is 4.99 Å². The minimum Gasteiger partial charge on any atom is -0.490 e. The molecule has 0 amide bonds. The summed E-state index contributed by atoms with van der Waals surface area (Å²) in [5, 5.41) is 6.64. The van der Waals surface area contributed by atoms with Crippen LogP contribution in [0.15, 0.2) is 47.6 Å². The van der Waals surface area contributed by atoms with Gasteiger partial charge in [0.2, 0.25) is 5.88 Å². The third-order valence-corrected chi connectivity index (χ3v) is 4.77. The summed E-state index contributed by atoms with van der Waals surface area (Å²) in [7, 11) is 1.76. The first-order valence-electron chi connectivity index (χ1n) is 10.0. The molecule has 1 aromatic carbocycles. The second-order valence-electron chi connectivity index (χ2n) is 7.17. The second-order valence-corrected chi connectivity index (χ2v) is 7.17. The zero-order valence-corrected chi connectivity index (χ0v) is 20.1. The molecule has 8 heteroatoms. The molecule has 1 aliphatic heterocycles. The fourth-order valence-electron chi connectivity index (χ4n) is 3.15. The average Bonchev–Trinajstić information content (AvgIpc) is 3.17. The lowest BCUT2D eigenvalue weighted by Gasteiger charge is -2.24. The summed E-state index contributed by atoms with van der Waals surface area (Å²) in [5.74, 6) is 2.62. The van der Waals surface area contributed by atoms with E-state index in [-0.39, 0.29) is 29.6 Å². The predicted octanol–water partition coefficient (Wildman–Crippen LogP) is 4.12. The average molecular weight is 526 g/mol. The van der Waals surface area contributed by atoms with Gasteiger partial charge in [0.15, 0.2) is 17.5 Å². The highest BCUT2D eigenvalue weighted by atomic mass is 127. The van der Waals surface area contributed by atoms with E-state index < -0.39 is 0 Å². The minimum atomic E-state index is -0.115. The van der Waals surface area contributed by atoms with Crippen molar-refractivity contribution in [3.8, 4) is 17.4 Å². The molecule has 0 saturated carbocycles. The Bertz CT molecular complexity index is 808. The van der Waals surface area contributed by atoms with Gasteiger partial charge < -0.3 is 24.8 Å². The Morgan fingerprint density at radius 2 is 2.00 bits per heavy atom. The van der Waals surface area contributed by atoms with E-state index in [0.29, 0.717) is 30.5 Å².